The second-order valence-corrected chi connectivity index (χ2v) is 6.42. The summed E-state index contributed by atoms with van der Waals surface area (Å²) in [5, 5.41) is 0. The predicted octanol–water partition coefficient (Wildman–Crippen LogP) is 3.25. The van der Waals surface area contributed by atoms with Crippen molar-refractivity contribution in [3.05, 3.63) is 35.9 Å². The average molecular weight is 292 g/mol. The molecule has 116 valence electrons. The van der Waals surface area contributed by atoms with Crippen LogP contribution in [0.3, 0.4) is 0 Å². The molecule has 2 fully saturated rings. The molecule has 0 bridgehead atoms. The van der Waals surface area contributed by atoms with Gasteiger partial charge in [0.15, 0.2) is 12.1 Å². The van der Waals surface area contributed by atoms with Crippen molar-refractivity contribution in [3.63, 3.8) is 0 Å². The zero-order valence-electron chi connectivity index (χ0n) is 13.2. The molecule has 1 aromatic rings. The first-order chi connectivity index (χ1) is 9.94. The van der Waals surface area contributed by atoms with Gasteiger partial charge in [-0.05, 0) is 32.8 Å². The summed E-state index contributed by atoms with van der Waals surface area (Å²) in [6.07, 6.45) is 0.310. The summed E-state index contributed by atoms with van der Waals surface area (Å²) >= 11 is 0. The third-order valence-electron chi connectivity index (χ3n) is 4.32. The van der Waals surface area contributed by atoms with Crippen LogP contribution in [0.2, 0.25) is 0 Å². The number of hydrogen-bond acceptors (Lipinski definition) is 4. The maximum absolute atomic E-state index is 6.26. The molecular weight excluding hydrogens is 268 g/mol. The van der Waals surface area contributed by atoms with Crippen molar-refractivity contribution in [3.8, 4) is 0 Å². The number of fused-ring (bicyclic) bond motifs is 1. The molecule has 0 unspecified atom stereocenters. The van der Waals surface area contributed by atoms with E-state index < -0.39 is 11.4 Å². The zero-order valence-corrected chi connectivity index (χ0v) is 13.2. The number of ether oxygens (including phenoxy) is 4. The van der Waals surface area contributed by atoms with Crippen LogP contribution in [0.4, 0.5) is 0 Å². The van der Waals surface area contributed by atoms with Gasteiger partial charge < -0.3 is 18.9 Å². The summed E-state index contributed by atoms with van der Waals surface area (Å²) in [6.45, 7) is 8.53. The Hall–Kier alpha value is -0.940. The fourth-order valence-electron chi connectivity index (χ4n) is 3.19. The average Bonchev–Trinajstić information content (AvgIpc) is 2.90. The Kier molecular flexibility index (Phi) is 3.82. The van der Waals surface area contributed by atoms with Crippen molar-refractivity contribution in [1.29, 1.82) is 0 Å². The maximum Gasteiger partial charge on any atom is 0.190 e. The van der Waals surface area contributed by atoms with Gasteiger partial charge in [-0.1, -0.05) is 37.3 Å². The highest BCUT2D eigenvalue weighted by Crippen LogP contribution is 2.45. The molecular formula is C17H24O4. The van der Waals surface area contributed by atoms with Gasteiger partial charge >= 0.3 is 0 Å². The normalized spacial score (nSPS) is 37.6. The van der Waals surface area contributed by atoms with Crippen LogP contribution in [-0.2, 0) is 25.6 Å². The first-order valence-electron chi connectivity index (χ1n) is 7.63. The molecule has 3 rings (SSSR count). The summed E-state index contributed by atoms with van der Waals surface area (Å²) in [5.74, 6) is -0.620. The molecule has 2 heterocycles. The highest BCUT2D eigenvalue weighted by Gasteiger charge is 2.61. The van der Waals surface area contributed by atoms with Crippen molar-refractivity contribution >= 4 is 0 Å². The standard InChI is InChI=1S/C17H24O4/c1-5-13-17(4,18-11-12-9-7-6-8-10-12)14-15(19-13)21-16(2,3)20-14/h6-10,13-15H,5,11H2,1-4H3/t13-,14+,15-,17+/m1/s1. The minimum absolute atomic E-state index is 0.0210. The first-order valence-corrected chi connectivity index (χ1v) is 7.63. The zero-order chi connectivity index (χ0) is 15.1. The van der Waals surface area contributed by atoms with Crippen LogP contribution in [-0.4, -0.2) is 29.9 Å². The van der Waals surface area contributed by atoms with E-state index in [1.54, 1.807) is 0 Å². The lowest BCUT2D eigenvalue weighted by Crippen LogP contribution is -2.48. The lowest BCUT2D eigenvalue weighted by Gasteiger charge is -2.34. The molecule has 4 nitrogen and oxygen atoms in total. The lowest BCUT2D eigenvalue weighted by molar-refractivity contribution is -0.235. The van der Waals surface area contributed by atoms with Crippen LogP contribution >= 0.6 is 0 Å². The minimum Gasteiger partial charge on any atom is -0.365 e. The summed E-state index contributed by atoms with van der Waals surface area (Å²) in [5.41, 5.74) is 0.651. The Morgan fingerprint density at radius 1 is 1.10 bits per heavy atom. The van der Waals surface area contributed by atoms with E-state index in [4.69, 9.17) is 18.9 Å². The molecule has 4 heteroatoms. The van der Waals surface area contributed by atoms with E-state index in [2.05, 4.69) is 26.0 Å². The molecule has 2 aliphatic heterocycles. The van der Waals surface area contributed by atoms with Gasteiger partial charge in [0, 0.05) is 0 Å². The number of benzene rings is 1. The molecule has 0 saturated carbocycles. The van der Waals surface area contributed by atoms with Crippen LogP contribution in [0.25, 0.3) is 0 Å². The quantitative estimate of drug-likeness (QED) is 0.853. The molecule has 2 aliphatic rings. The van der Waals surface area contributed by atoms with E-state index in [0.717, 1.165) is 12.0 Å². The van der Waals surface area contributed by atoms with E-state index in [1.165, 1.54) is 0 Å². The smallest absolute Gasteiger partial charge is 0.190 e. The fraction of sp³-hybridized carbons (Fsp3) is 0.647. The Balaban J connectivity index is 1.76. The summed E-state index contributed by atoms with van der Waals surface area (Å²) in [4.78, 5) is 0. The molecule has 21 heavy (non-hydrogen) atoms. The number of rotatable bonds is 4. The van der Waals surface area contributed by atoms with E-state index in [0.29, 0.717) is 6.61 Å². The molecule has 1 aromatic carbocycles. The summed E-state index contributed by atoms with van der Waals surface area (Å²) < 4.78 is 24.1. The van der Waals surface area contributed by atoms with Crippen LogP contribution in [0, 0.1) is 0 Å². The molecule has 4 atom stereocenters. The highest BCUT2D eigenvalue weighted by molar-refractivity contribution is 5.14. The third-order valence-corrected chi connectivity index (χ3v) is 4.32. The van der Waals surface area contributed by atoms with Gasteiger partial charge in [-0.2, -0.15) is 0 Å². The van der Waals surface area contributed by atoms with Gasteiger partial charge in [-0.15, -0.1) is 0 Å². The van der Waals surface area contributed by atoms with Crippen molar-refractivity contribution in [2.75, 3.05) is 0 Å². The number of hydrogen-bond donors (Lipinski definition) is 0. The maximum atomic E-state index is 6.26. The van der Waals surface area contributed by atoms with Gasteiger partial charge in [0.05, 0.1) is 12.7 Å². The minimum atomic E-state index is -0.620. The molecule has 0 N–H and O–H groups in total. The van der Waals surface area contributed by atoms with E-state index in [-0.39, 0.29) is 18.5 Å². The highest BCUT2D eigenvalue weighted by atomic mass is 16.8. The first kappa shape index (κ1) is 15.0. The van der Waals surface area contributed by atoms with Crippen LogP contribution < -0.4 is 0 Å². The molecule has 2 saturated heterocycles. The summed E-state index contributed by atoms with van der Waals surface area (Å²) in [6, 6.07) is 10.2. The Morgan fingerprint density at radius 3 is 2.48 bits per heavy atom. The van der Waals surface area contributed by atoms with Gasteiger partial charge in [-0.3, -0.25) is 0 Å². The van der Waals surface area contributed by atoms with Crippen molar-refractivity contribution < 1.29 is 18.9 Å². The van der Waals surface area contributed by atoms with Gasteiger partial charge in [0.2, 0.25) is 0 Å². The largest absolute Gasteiger partial charge is 0.365 e. The predicted molar refractivity (Wildman–Crippen MR) is 78.6 cm³/mol. The van der Waals surface area contributed by atoms with Gasteiger partial charge in [0.1, 0.15) is 11.7 Å². The summed E-state index contributed by atoms with van der Waals surface area (Å²) in [7, 11) is 0. The monoisotopic (exact) mass is 292 g/mol. The van der Waals surface area contributed by atoms with Gasteiger partial charge in [-0.25, -0.2) is 0 Å². The molecule has 0 aliphatic carbocycles. The van der Waals surface area contributed by atoms with Crippen molar-refractivity contribution in [2.24, 2.45) is 0 Å². The second kappa shape index (κ2) is 5.36. The SMILES string of the molecule is CC[C@H]1O[C@@H]2OC(C)(C)O[C@@H]2[C@@]1(C)OCc1ccccc1. The Morgan fingerprint density at radius 2 is 1.81 bits per heavy atom. The van der Waals surface area contributed by atoms with Gasteiger partial charge in [0.25, 0.3) is 0 Å². The lowest BCUT2D eigenvalue weighted by atomic mass is 9.92. The molecule has 0 amide bonds. The van der Waals surface area contributed by atoms with Crippen molar-refractivity contribution in [2.45, 2.75) is 70.6 Å². The second-order valence-electron chi connectivity index (χ2n) is 6.42. The molecule has 0 spiro atoms. The topological polar surface area (TPSA) is 36.9 Å². The molecule has 0 aromatic heterocycles. The molecule has 0 radical (unpaired) electrons. The Labute approximate surface area is 126 Å². The van der Waals surface area contributed by atoms with Crippen LogP contribution in [0.5, 0.6) is 0 Å². The third kappa shape index (κ3) is 2.73. The van der Waals surface area contributed by atoms with Crippen LogP contribution in [0.1, 0.15) is 39.7 Å². The Bertz CT molecular complexity index is 487. The van der Waals surface area contributed by atoms with Crippen molar-refractivity contribution in [1.82, 2.24) is 0 Å². The van der Waals surface area contributed by atoms with E-state index in [1.807, 2.05) is 32.0 Å². The fourth-order valence-corrected chi connectivity index (χ4v) is 3.19. The van der Waals surface area contributed by atoms with Crippen LogP contribution in [0.15, 0.2) is 30.3 Å². The van der Waals surface area contributed by atoms with E-state index in [9.17, 15) is 0 Å². The van der Waals surface area contributed by atoms with E-state index >= 15 is 0 Å².